The zero-order valence-electron chi connectivity index (χ0n) is 10.9. The van der Waals surface area contributed by atoms with Gasteiger partial charge in [0.15, 0.2) is 0 Å². The molecule has 3 rings (SSSR count). The molecule has 6 heteroatoms. The Labute approximate surface area is 112 Å². The van der Waals surface area contributed by atoms with Crippen molar-refractivity contribution in [3.63, 3.8) is 0 Å². The first-order chi connectivity index (χ1) is 9.05. The Morgan fingerprint density at radius 2 is 2.21 bits per heavy atom. The van der Waals surface area contributed by atoms with E-state index < -0.39 is 10.0 Å². The highest BCUT2D eigenvalue weighted by atomic mass is 32.2. The van der Waals surface area contributed by atoms with Gasteiger partial charge in [0.25, 0.3) is 0 Å². The van der Waals surface area contributed by atoms with Gasteiger partial charge >= 0.3 is 0 Å². The summed E-state index contributed by atoms with van der Waals surface area (Å²) >= 11 is 0. The molecule has 2 aromatic rings. The first-order valence-corrected chi connectivity index (χ1v) is 8.27. The van der Waals surface area contributed by atoms with Crippen LogP contribution in [0.25, 0.3) is 5.65 Å². The van der Waals surface area contributed by atoms with Crippen molar-refractivity contribution in [1.29, 1.82) is 0 Å². The minimum atomic E-state index is -3.10. The van der Waals surface area contributed by atoms with Crippen LogP contribution in [0.3, 0.4) is 0 Å². The van der Waals surface area contributed by atoms with Gasteiger partial charge in [-0.2, -0.15) is 0 Å². The molecule has 102 valence electrons. The molecule has 1 aliphatic heterocycles. The fourth-order valence-corrected chi connectivity index (χ4v) is 3.70. The Hall–Kier alpha value is -1.40. The molecule has 19 heavy (non-hydrogen) atoms. The maximum atomic E-state index is 11.7. The molecule has 0 spiro atoms. The van der Waals surface area contributed by atoms with Crippen LogP contribution in [0.4, 0.5) is 0 Å². The van der Waals surface area contributed by atoms with Crippen LogP contribution in [-0.2, 0) is 10.0 Å². The number of aromatic nitrogens is 2. The molecule has 0 saturated carbocycles. The van der Waals surface area contributed by atoms with Crippen LogP contribution < -0.4 is 0 Å². The first-order valence-electron chi connectivity index (χ1n) is 6.43. The van der Waals surface area contributed by atoms with Crippen molar-refractivity contribution in [3.05, 3.63) is 36.3 Å². The van der Waals surface area contributed by atoms with Gasteiger partial charge in [0.1, 0.15) is 5.65 Å². The molecule has 1 unspecified atom stereocenters. The van der Waals surface area contributed by atoms with Crippen molar-refractivity contribution in [2.45, 2.75) is 18.8 Å². The first kappa shape index (κ1) is 12.6. The zero-order valence-corrected chi connectivity index (χ0v) is 11.7. The summed E-state index contributed by atoms with van der Waals surface area (Å²) in [5, 5.41) is 0. The minimum Gasteiger partial charge on any atom is -0.304 e. The van der Waals surface area contributed by atoms with Crippen LogP contribution >= 0.6 is 0 Å². The highest BCUT2D eigenvalue weighted by Crippen LogP contribution is 2.28. The summed E-state index contributed by atoms with van der Waals surface area (Å²) in [6, 6.07) is 6.00. The molecule has 3 heterocycles. The average Bonchev–Trinajstić information content (AvgIpc) is 2.86. The van der Waals surface area contributed by atoms with E-state index in [9.17, 15) is 8.42 Å². The molecule has 2 aromatic heterocycles. The van der Waals surface area contributed by atoms with Crippen LogP contribution in [0.2, 0.25) is 0 Å². The van der Waals surface area contributed by atoms with Crippen molar-refractivity contribution < 1.29 is 8.42 Å². The normalized spacial score (nSPS) is 21.8. The third-order valence-corrected chi connectivity index (χ3v) is 5.00. The van der Waals surface area contributed by atoms with Gasteiger partial charge in [0.05, 0.1) is 6.26 Å². The molecule has 1 aliphatic rings. The molecule has 0 N–H and O–H groups in total. The number of fused-ring (bicyclic) bond motifs is 1. The molecule has 1 fully saturated rings. The Morgan fingerprint density at radius 1 is 1.37 bits per heavy atom. The highest BCUT2D eigenvalue weighted by molar-refractivity contribution is 7.88. The maximum Gasteiger partial charge on any atom is 0.211 e. The molecule has 0 amide bonds. The molecule has 5 nitrogen and oxygen atoms in total. The second kappa shape index (κ2) is 4.61. The number of hydrogen-bond donors (Lipinski definition) is 0. The summed E-state index contributed by atoms with van der Waals surface area (Å²) in [5.74, 6) is 0.237. The zero-order chi connectivity index (χ0) is 13.5. The van der Waals surface area contributed by atoms with Crippen molar-refractivity contribution in [2.24, 2.45) is 0 Å². The largest absolute Gasteiger partial charge is 0.304 e. The third-order valence-electron chi connectivity index (χ3n) is 3.73. The molecule has 0 aromatic carbocycles. The summed E-state index contributed by atoms with van der Waals surface area (Å²) in [6.45, 7) is 1.20. The Morgan fingerprint density at radius 3 is 3.00 bits per heavy atom. The maximum absolute atomic E-state index is 11.7. The van der Waals surface area contributed by atoms with Crippen LogP contribution in [0.15, 0.2) is 30.6 Å². The third kappa shape index (κ3) is 2.37. The smallest absolute Gasteiger partial charge is 0.211 e. The van der Waals surface area contributed by atoms with Gasteiger partial charge in [0, 0.05) is 37.1 Å². The summed E-state index contributed by atoms with van der Waals surface area (Å²) in [5.41, 5.74) is 2.05. The summed E-state index contributed by atoms with van der Waals surface area (Å²) in [7, 11) is -3.10. The molecule has 0 bridgehead atoms. The van der Waals surface area contributed by atoms with Gasteiger partial charge in [-0.25, -0.2) is 17.7 Å². The molecule has 0 radical (unpaired) electrons. The Balaban J connectivity index is 1.96. The van der Waals surface area contributed by atoms with Crippen molar-refractivity contribution in [3.8, 4) is 0 Å². The average molecular weight is 279 g/mol. The van der Waals surface area contributed by atoms with Crippen LogP contribution in [0.1, 0.15) is 24.5 Å². The number of sulfonamides is 1. The lowest BCUT2D eigenvalue weighted by Gasteiger charge is -2.31. The Kier molecular flexibility index (Phi) is 3.06. The van der Waals surface area contributed by atoms with Crippen molar-refractivity contribution in [2.75, 3.05) is 19.3 Å². The molecule has 1 atom stereocenters. The number of imidazole rings is 1. The van der Waals surface area contributed by atoms with E-state index in [1.54, 1.807) is 10.5 Å². The van der Waals surface area contributed by atoms with E-state index in [4.69, 9.17) is 0 Å². The predicted octanol–water partition coefficient (Wildman–Crippen LogP) is 1.47. The number of piperidine rings is 1. The number of hydrogen-bond acceptors (Lipinski definition) is 3. The SMILES string of the molecule is CS(=O)(=O)N1CCCC(c2cccc3nccn23)C1. The summed E-state index contributed by atoms with van der Waals surface area (Å²) < 4.78 is 27.0. The molecular weight excluding hydrogens is 262 g/mol. The molecule has 0 aliphatic carbocycles. The topological polar surface area (TPSA) is 54.7 Å². The quantitative estimate of drug-likeness (QED) is 0.836. The van der Waals surface area contributed by atoms with E-state index in [0.29, 0.717) is 13.1 Å². The van der Waals surface area contributed by atoms with Crippen molar-refractivity contribution >= 4 is 15.7 Å². The highest BCUT2D eigenvalue weighted by Gasteiger charge is 2.27. The number of nitrogens with zero attached hydrogens (tertiary/aromatic N) is 3. The summed E-state index contributed by atoms with van der Waals surface area (Å²) in [4.78, 5) is 4.27. The van der Waals surface area contributed by atoms with E-state index in [0.717, 1.165) is 24.2 Å². The second-order valence-corrected chi connectivity index (χ2v) is 7.05. The lowest BCUT2D eigenvalue weighted by atomic mass is 9.95. The van der Waals surface area contributed by atoms with Gasteiger partial charge in [-0.3, -0.25) is 0 Å². The lowest BCUT2D eigenvalue weighted by molar-refractivity contribution is 0.313. The van der Waals surface area contributed by atoms with E-state index >= 15 is 0 Å². The van der Waals surface area contributed by atoms with Gasteiger partial charge in [-0.05, 0) is 25.0 Å². The fourth-order valence-electron chi connectivity index (χ4n) is 2.79. The monoisotopic (exact) mass is 279 g/mol. The number of rotatable bonds is 2. The van der Waals surface area contributed by atoms with E-state index in [-0.39, 0.29) is 5.92 Å². The minimum absolute atomic E-state index is 0.237. The second-order valence-electron chi connectivity index (χ2n) is 5.07. The van der Waals surface area contributed by atoms with E-state index in [2.05, 4.69) is 15.5 Å². The Bertz CT molecular complexity index is 693. The lowest BCUT2D eigenvalue weighted by Crippen LogP contribution is -2.38. The molecular formula is C13H17N3O2S. The van der Waals surface area contributed by atoms with Gasteiger partial charge in [-0.1, -0.05) is 6.07 Å². The molecule has 1 saturated heterocycles. The van der Waals surface area contributed by atoms with Gasteiger partial charge in [0.2, 0.25) is 10.0 Å². The van der Waals surface area contributed by atoms with Gasteiger partial charge < -0.3 is 4.40 Å². The predicted molar refractivity (Wildman–Crippen MR) is 73.6 cm³/mol. The number of pyridine rings is 1. The van der Waals surface area contributed by atoms with Crippen LogP contribution in [-0.4, -0.2) is 41.5 Å². The standard InChI is InChI=1S/C13H17N3O2S/c1-19(17,18)15-8-3-4-11(10-15)12-5-2-6-13-14-7-9-16(12)13/h2,5-7,9,11H,3-4,8,10H2,1H3. The fraction of sp³-hybridized carbons (Fsp3) is 0.462. The van der Waals surface area contributed by atoms with Crippen LogP contribution in [0.5, 0.6) is 0 Å². The summed E-state index contributed by atoms with van der Waals surface area (Å²) in [6.07, 6.45) is 6.92. The van der Waals surface area contributed by atoms with E-state index in [1.165, 1.54) is 6.26 Å². The van der Waals surface area contributed by atoms with Gasteiger partial charge in [-0.15, -0.1) is 0 Å². The van der Waals surface area contributed by atoms with E-state index in [1.807, 2.05) is 18.3 Å². The van der Waals surface area contributed by atoms with Crippen molar-refractivity contribution in [1.82, 2.24) is 13.7 Å². The van der Waals surface area contributed by atoms with Crippen LogP contribution in [0, 0.1) is 0 Å².